The van der Waals surface area contributed by atoms with Crippen LogP contribution in [-0.2, 0) is 9.53 Å². The summed E-state index contributed by atoms with van der Waals surface area (Å²) in [6.45, 7) is 10.7. The average Bonchev–Trinajstić information content (AvgIpc) is 2.02. The van der Waals surface area contributed by atoms with E-state index >= 15 is 0 Å². The van der Waals surface area contributed by atoms with Gasteiger partial charge in [0.05, 0.1) is 6.54 Å². The lowest BCUT2D eigenvalue weighted by Crippen LogP contribution is -2.34. The van der Waals surface area contributed by atoms with Crippen LogP contribution in [0.15, 0.2) is 0 Å². The molecule has 4 nitrogen and oxygen atoms in total. The second kappa shape index (κ2) is 7.35. The summed E-state index contributed by atoms with van der Waals surface area (Å²) in [6.07, 6.45) is -0.558. The van der Waals surface area contributed by atoms with Gasteiger partial charge in [0.25, 0.3) is 0 Å². The number of hydrogen-bond donors (Lipinski definition) is 1. The van der Waals surface area contributed by atoms with E-state index in [-0.39, 0.29) is 12.3 Å². The van der Waals surface area contributed by atoms with Crippen LogP contribution in [0.25, 0.3) is 0 Å². The molecule has 0 aliphatic rings. The second-order valence-corrected chi connectivity index (χ2v) is 3.56. The highest BCUT2D eigenvalue weighted by Gasteiger charge is 2.15. The summed E-state index contributed by atoms with van der Waals surface area (Å²) in [6, 6.07) is 0. The number of carbonyl (C=O) groups excluding carboxylic acids is 2. The Morgan fingerprint density at radius 1 is 1.21 bits per heavy atom. The predicted octanol–water partition coefficient (Wildman–Crippen LogP) is 2.13. The first-order valence-corrected chi connectivity index (χ1v) is 4.77. The molecule has 14 heavy (non-hydrogen) atoms. The molecule has 0 aliphatic carbocycles. The summed E-state index contributed by atoms with van der Waals surface area (Å²) in [5.41, 5.74) is -0.513. The van der Waals surface area contributed by atoms with Crippen molar-refractivity contribution >= 4 is 11.9 Å². The molecule has 0 aliphatic heterocycles. The minimum atomic E-state index is -0.558. The van der Waals surface area contributed by atoms with E-state index in [4.69, 9.17) is 4.74 Å². The van der Waals surface area contributed by atoms with Crippen LogP contribution in [0.1, 0.15) is 41.5 Å². The molecule has 0 aromatic rings. The first-order valence-electron chi connectivity index (χ1n) is 4.77. The van der Waals surface area contributed by atoms with Gasteiger partial charge < -0.3 is 10.1 Å². The molecule has 0 saturated heterocycles. The fourth-order valence-electron chi connectivity index (χ4n) is 0.511. The lowest BCUT2D eigenvalue weighted by atomic mass is 10.2. The van der Waals surface area contributed by atoms with E-state index in [9.17, 15) is 9.59 Å². The lowest BCUT2D eigenvalue weighted by Gasteiger charge is -2.19. The normalized spacial score (nSPS) is 9.57. The van der Waals surface area contributed by atoms with Gasteiger partial charge in [0.2, 0.25) is 0 Å². The molecule has 0 rings (SSSR count). The molecule has 0 atom stereocenters. The number of amides is 1. The van der Waals surface area contributed by atoms with Gasteiger partial charge in [-0.3, -0.25) is 4.79 Å². The number of ketones is 1. The molecule has 0 bridgehead atoms. The molecule has 0 aromatic heterocycles. The van der Waals surface area contributed by atoms with Crippen LogP contribution in [0.5, 0.6) is 0 Å². The van der Waals surface area contributed by atoms with E-state index in [0.717, 1.165) is 0 Å². The third kappa shape index (κ3) is 13.5. The molecule has 0 spiro atoms. The van der Waals surface area contributed by atoms with Crippen LogP contribution in [0.2, 0.25) is 0 Å². The lowest BCUT2D eigenvalue weighted by molar-refractivity contribution is -0.116. The minimum Gasteiger partial charge on any atom is -0.444 e. The molecule has 4 heteroatoms. The molecule has 0 radical (unpaired) electrons. The van der Waals surface area contributed by atoms with Crippen molar-refractivity contribution in [1.29, 1.82) is 0 Å². The largest absolute Gasteiger partial charge is 0.444 e. The Balaban J connectivity index is 0. The van der Waals surface area contributed by atoms with Crippen molar-refractivity contribution < 1.29 is 14.3 Å². The van der Waals surface area contributed by atoms with Crippen molar-refractivity contribution in [3.8, 4) is 0 Å². The fourth-order valence-corrected chi connectivity index (χ4v) is 0.511. The van der Waals surface area contributed by atoms with E-state index in [2.05, 4.69) is 5.32 Å². The summed E-state index contributed by atoms with van der Waals surface area (Å²) in [4.78, 5) is 21.3. The van der Waals surface area contributed by atoms with Crippen molar-refractivity contribution in [2.24, 2.45) is 0 Å². The molecular formula is C10H21NO3. The SMILES string of the molecule is CC.CC(=O)CNC(=O)OC(C)(C)C. The van der Waals surface area contributed by atoms with Gasteiger partial charge in [0.1, 0.15) is 11.4 Å². The average molecular weight is 203 g/mol. The van der Waals surface area contributed by atoms with E-state index < -0.39 is 11.7 Å². The molecule has 0 unspecified atom stereocenters. The summed E-state index contributed by atoms with van der Waals surface area (Å²) in [7, 11) is 0. The van der Waals surface area contributed by atoms with Crippen molar-refractivity contribution in [2.45, 2.75) is 47.1 Å². The molecule has 0 aromatic carbocycles. The minimum absolute atomic E-state index is 0.0227. The molecule has 0 saturated carbocycles. The number of carbonyl (C=O) groups is 2. The van der Waals surface area contributed by atoms with Crippen LogP contribution in [-0.4, -0.2) is 24.0 Å². The smallest absolute Gasteiger partial charge is 0.408 e. The predicted molar refractivity (Wildman–Crippen MR) is 56.3 cm³/mol. The maximum atomic E-state index is 10.9. The zero-order chi connectivity index (χ0) is 11.8. The van der Waals surface area contributed by atoms with Crippen LogP contribution in [0, 0.1) is 0 Å². The number of rotatable bonds is 2. The Labute approximate surface area is 86.0 Å². The van der Waals surface area contributed by atoms with E-state index in [1.54, 1.807) is 20.8 Å². The number of alkyl carbamates (subject to hydrolysis) is 1. The van der Waals surface area contributed by atoms with E-state index in [1.807, 2.05) is 13.8 Å². The Hall–Kier alpha value is -1.06. The molecule has 0 heterocycles. The third-order valence-electron chi connectivity index (χ3n) is 0.881. The van der Waals surface area contributed by atoms with Gasteiger partial charge in [-0.15, -0.1) is 0 Å². The highest BCUT2D eigenvalue weighted by Crippen LogP contribution is 2.05. The molecule has 1 amide bonds. The zero-order valence-electron chi connectivity index (χ0n) is 9.93. The molecule has 1 N–H and O–H groups in total. The Morgan fingerprint density at radius 3 is 1.93 bits per heavy atom. The van der Waals surface area contributed by atoms with Crippen molar-refractivity contribution in [1.82, 2.24) is 5.32 Å². The highest BCUT2D eigenvalue weighted by molar-refractivity contribution is 5.81. The van der Waals surface area contributed by atoms with Gasteiger partial charge in [-0.25, -0.2) is 4.79 Å². The van der Waals surface area contributed by atoms with Gasteiger partial charge in [0.15, 0.2) is 0 Å². The Kier molecular flexibility index (Phi) is 8.10. The molecule has 0 fully saturated rings. The Morgan fingerprint density at radius 2 is 1.64 bits per heavy atom. The number of ether oxygens (including phenoxy) is 1. The fraction of sp³-hybridized carbons (Fsp3) is 0.800. The first-order chi connectivity index (χ1) is 6.31. The zero-order valence-corrected chi connectivity index (χ0v) is 9.93. The van der Waals surface area contributed by atoms with Crippen LogP contribution < -0.4 is 5.32 Å². The topological polar surface area (TPSA) is 55.4 Å². The number of Topliss-reactive ketones (excluding diaryl/α,β-unsaturated/α-hetero) is 1. The van der Waals surface area contributed by atoms with E-state index in [0.29, 0.717) is 0 Å². The maximum absolute atomic E-state index is 10.9. The van der Waals surface area contributed by atoms with Crippen LogP contribution in [0.3, 0.4) is 0 Å². The maximum Gasteiger partial charge on any atom is 0.408 e. The number of hydrogen-bond acceptors (Lipinski definition) is 3. The van der Waals surface area contributed by atoms with Gasteiger partial charge in [-0.05, 0) is 27.7 Å². The van der Waals surface area contributed by atoms with Crippen LogP contribution >= 0.6 is 0 Å². The van der Waals surface area contributed by atoms with Crippen molar-refractivity contribution in [2.75, 3.05) is 6.54 Å². The summed E-state index contributed by atoms with van der Waals surface area (Å²) >= 11 is 0. The first kappa shape index (κ1) is 15.4. The summed E-state index contributed by atoms with van der Waals surface area (Å²) < 4.78 is 4.89. The standard InChI is InChI=1S/C8H15NO3.C2H6/c1-6(10)5-9-7(11)12-8(2,3)4;1-2/h5H2,1-4H3,(H,9,11);1-2H3. The summed E-state index contributed by atoms with van der Waals surface area (Å²) in [5.74, 6) is -0.0964. The highest BCUT2D eigenvalue weighted by atomic mass is 16.6. The van der Waals surface area contributed by atoms with Crippen LogP contribution in [0.4, 0.5) is 4.79 Å². The quantitative estimate of drug-likeness (QED) is 0.748. The third-order valence-corrected chi connectivity index (χ3v) is 0.881. The van der Waals surface area contributed by atoms with Gasteiger partial charge in [-0.1, -0.05) is 13.8 Å². The molecule has 84 valence electrons. The summed E-state index contributed by atoms with van der Waals surface area (Å²) in [5, 5.41) is 2.33. The number of nitrogens with one attached hydrogen (secondary N) is 1. The molecular weight excluding hydrogens is 182 g/mol. The second-order valence-electron chi connectivity index (χ2n) is 3.56. The van der Waals surface area contributed by atoms with Gasteiger partial charge >= 0.3 is 6.09 Å². The van der Waals surface area contributed by atoms with E-state index in [1.165, 1.54) is 6.92 Å². The monoisotopic (exact) mass is 203 g/mol. The van der Waals surface area contributed by atoms with Crippen molar-refractivity contribution in [3.05, 3.63) is 0 Å². The van der Waals surface area contributed by atoms with Crippen molar-refractivity contribution in [3.63, 3.8) is 0 Å². The van der Waals surface area contributed by atoms with Gasteiger partial charge in [-0.2, -0.15) is 0 Å². The Bertz CT molecular complexity index is 182. The van der Waals surface area contributed by atoms with Gasteiger partial charge in [0, 0.05) is 0 Å².